The second kappa shape index (κ2) is 8.67. The summed E-state index contributed by atoms with van der Waals surface area (Å²) in [7, 11) is 1.65. The number of halogens is 2. The maximum absolute atomic E-state index is 13.7. The van der Waals surface area contributed by atoms with E-state index >= 15 is 0 Å². The summed E-state index contributed by atoms with van der Waals surface area (Å²) in [6.45, 7) is 0. The van der Waals surface area contributed by atoms with Crippen LogP contribution in [0, 0.1) is 23.5 Å². The van der Waals surface area contributed by atoms with Crippen LogP contribution in [-0.2, 0) is 5.32 Å². The first-order chi connectivity index (χ1) is 12.7. The summed E-state index contributed by atoms with van der Waals surface area (Å²) >= 11 is 0.160. The fourth-order valence-corrected chi connectivity index (χ4v) is 4.35. The van der Waals surface area contributed by atoms with Gasteiger partial charge in [0.05, 0.1) is 0 Å². The quantitative estimate of drug-likeness (QED) is 0.466. The first kappa shape index (κ1) is 18.2. The van der Waals surface area contributed by atoms with Crippen molar-refractivity contribution in [1.82, 2.24) is 0 Å². The van der Waals surface area contributed by atoms with Crippen LogP contribution in [0.3, 0.4) is 0 Å². The van der Waals surface area contributed by atoms with Gasteiger partial charge in [-0.1, -0.05) is 0 Å². The predicted molar refractivity (Wildman–Crippen MR) is 101 cm³/mol. The molecule has 0 saturated carbocycles. The maximum atomic E-state index is 13.7. The fourth-order valence-electron chi connectivity index (χ4n) is 2.33. The summed E-state index contributed by atoms with van der Waals surface area (Å²) in [5.41, 5.74) is 1.84. The average Bonchev–Trinajstić information content (AvgIpc) is 2.67. The molecular formula is C22H16F2OSe. The van der Waals surface area contributed by atoms with E-state index < -0.39 is 11.6 Å². The van der Waals surface area contributed by atoms with Crippen LogP contribution in [0.1, 0.15) is 16.7 Å². The zero-order valence-electron chi connectivity index (χ0n) is 14.1. The molecule has 0 aliphatic carbocycles. The molecule has 0 aromatic heterocycles. The molecule has 4 heteroatoms. The van der Waals surface area contributed by atoms with Crippen LogP contribution < -0.4 is 9.20 Å². The van der Waals surface area contributed by atoms with E-state index in [4.69, 9.17) is 4.74 Å². The Morgan fingerprint density at radius 2 is 1.54 bits per heavy atom. The van der Waals surface area contributed by atoms with Gasteiger partial charge in [0.15, 0.2) is 0 Å². The molecule has 0 saturated heterocycles. The van der Waals surface area contributed by atoms with Gasteiger partial charge in [-0.2, -0.15) is 0 Å². The normalized spacial score (nSPS) is 10.1. The van der Waals surface area contributed by atoms with E-state index in [-0.39, 0.29) is 20.5 Å². The second-order valence-corrected chi connectivity index (χ2v) is 7.61. The van der Waals surface area contributed by atoms with Crippen molar-refractivity contribution < 1.29 is 13.5 Å². The monoisotopic (exact) mass is 414 g/mol. The molecule has 3 aromatic carbocycles. The molecular weight excluding hydrogens is 397 g/mol. The van der Waals surface area contributed by atoms with E-state index in [1.54, 1.807) is 7.11 Å². The van der Waals surface area contributed by atoms with E-state index in [0.29, 0.717) is 0 Å². The molecule has 130 valence electrons. The van der Waals surface area contributed by atoms with Crippen molar-refractivity contribution in [3.63, 3.8) is 0 Å². The van der Waals surface area contributed by atoms with Gasteiger partial charge in [0.25, 0.3) is 0 Å². The first-order valence-corrected chi connectivity index (χ1v) is 10.0. The molecule has 0 fully saturated rings. The Bertz CT molecular complexity index is 936. The third-order valence-corrected chi connectivity index (χ3v) is 6.13. The van der Waals surface area contributed by atoms with Gasteiger partial charge >= 0.3 is 158 Å². The second-order valence-electron chi connectivity index (χ2n) is 5.48. The van der Waals surface area contributed by atoms with Crippen molar-refractivity contribution in [2.75, 3.05) is 7.11 Å². The summed E-state index contributed by atoms with van der Waals surface area (Å²) in [4.78, 5) is 0. The van der Waals surface area contributed by atoms with Crippen LogP contribution in [0.2, 0.25) is 0 Å². The number of methoxy groups -OCH3 is 1. The molecule has 0 heterocycles. The van der Waals surface area contributed by atoms with Crippen molar-refractivity contribution in [3.8, 4) is 17.6 Å². The van der Waals surface area contributed by atoms with Crippen LogP contribution in [0.5, 0.6) is 5.75 Å². The van der Waals surface area contributed by atoms with E-state index in [9.17, 15) is 8.78 Å². The van der Waals surface area contributed by atoms with Crippen molar-refractivity contribution in [2.45, 2.75) is 5.32 Å². The van der Waals surface area contributed by atoms with Crippen LogP contribution in [0.25, 0.3) is 0 Å². The number of hydrogen-bond acceptors (Lipinski definition) is 1. The van der Waals surface area contributed by atoms with Crippen molar-refractivity contribution in [3.05, 3.63) is 95.1 Å². The Morgan fingerprint density at radius 1 is 0.846 bits per heavy atom. The Hall–Kier alpha value is -2.60. The van der Waals surface area contributed by atoms with Gasteiger partial charge in [-0.05, 0) is 0 Å². The van der Waals surface area contributed by atoms with Crippen LogP contribution in [0.15, 0.2) is 66.7 Å². The van der Waals surface area contributed by atoms with E-state index in [0.717, 1.165) is 21.1 Å². The van der Waals surface area contributed by atoms with Gasteiger partial charge in [-0.3, -0.25) is 0 Å². The summed E-state index contributed by atoms with van der Waals surface area (Å²) in [6, 6.07) is 19.5. The Labute approximate surface area is 158 Å². The SMILES string of the molecule is COc1ccc(C[Se]c2ccccc2C#Cc2c(F)cccc2F)cc1. The van der Waals surface area contributed by atoms with E-state index in [1.807, 2.05) is 48.5 Å². The number of ether oxygens (including phenoxy) is 1. The molecule has 0 aliphatic rings. The molecule has 0 N–H and O–H groups in total. The molecule has 0 amide bonds. The zero-order valence-corrected chi connectivity index (χ0v) is 15.8. The zero-order chi connectivity index (χ0) is 18.4. The first-order valence-electron chi connectivity index (χ1n) is 7.98. The van der Waals surface area contributed by atoms with Crippen molar-refractivity contribution in [2.24, 2.45) is 0 Å². The Kier molecular flexibility index (Phi) is 6.07. The summed E-state index contributed by atoms with van der Waals surface area (Å²) in [5.74, 6) is 5.13. The van der Waals surface area contributed by atoms with Crippen LogP contribution in [0.4, 0.5) is 8.78 Å². The summed E-state index contributed by atoms with van der Waals surface area (Å²) < 4.78 is 33.8. The summed E-state index contributed by atoms with van der Waals surface area (Å²) in [5, 5.41) is 0.906. The molecule has 1 nitrogen and oxygen atoms in total. The molecule has 3 rings (SSSR count). The molecule has 3 aromatic rings. The van der Waals surface area contributed by atoms with Gasteiger partial charge in [0.2, 0.25) is 0 Å². The fraction of sp³-hybridized carbons (Fsp3) is 0.0909. The number of hydrogen-bond donors (Lipinski definition) is 0. The van der Waals surface area contributed by atoms with Gasteiger partial charge in [-0.15, -0.1) is 0 Å². The predicted octanol–water partition coefficient (Wildman–Crippen LogP) is 3.90. The molecule has 0 radical (unpaired) electrons. The molecule has 26 heavy (non-hydrogen) atoms. The third kappa shape index (κ3) is 4.52. The molecule has 0 aliphatic heterocycles. The molecule has 0 unspecified atom stereocenters. The standard InChI is InChI=1S/C22H16F2OSe/c1-25-18-12-9-16(10-13-18)15-26-22-8-3-2-5-17(22)11-14-19-20(23)6-4-7-21(19)24/h2-10,12-13H,15H2,1H3. The van der Waals surface area contributed by atoms with Crippen molar-refractivity contribution in [1.29, 1.82) is 0 Å². The number of benzene rings is 3. The van der Waals surface area contributed by atoms with Gasteiger partial charge in [0.1, 0.15) is 0 Å². The van der Waals surface area contributed by atoms with Gasteiger partial charge in [-0.25, -0.2) is 0 Å². The molecule has 0 bridgehead atoms. The number of rotatable bonds is 4. The Morgan fingerprint density at radius 3 is 2.23 bits per heavy atom. The Balaban J connectivity index is 1.79. The topological polar surface area (TPSA) is 9.23 Å². The van der Waals surface area contributed by atoms with E-state index in [2.05, 4.69) is 11.8 Å². The van der Waals surface area contributed by atoms with Crippen LogP contribution in [-0.4, -0.2) is 22.1 Å². The van der Waals surface area contributed by atoms with Crippen LogP contribution >= 0.6 is 0 Å². The van der Waals surface area contributed by atoms with Crippen molar-refractivity contribution >= 4 is 19.4 Å². The third-order valence-electron chi connectivity index (χ3n) is 3.73. The summed E-state index contributed by atoms with van der Waals surface area (Å²) in [6.07, 6.45) is 0. The average molecular weight is 413 g/mol. The minimum absolute atomic E-state index is 0.160. The molecule has 0 atom stereocenters. The van der Waals surface area contributed by atoms with Gasteiger partial charge in [0, 0.05) is 0 Å². The van der Waals surface area contributed by atoms with E-state index in [1.165, 1.54) is 23.8 Å². The minimum atomic E-state index is -0.640. The molecule has 0 spiro atoms. The van der Waals surface area contributed by atoms with Gasteiger partial charge < -0.3 is 0 Å².